The van der Waals surface area contributed by atoms with Gasteiger partial charge in [0, 0.05) is 24.9 Å². The van der Waals surface area contributed by atoms with Crippen LogP contribution in [0.15, 0.2) is 41.6 Å². The van der Waals surface area contributed by atoms with Crippen molar-refractivity contribution in [3.05, 3.63) is 48.3 Å². The van der Waals surface area contributed by atoms with Crippen LogP contribution in [0.25, 0.3) is 11.3 Å². The molecule has 0 aliphatic carbocycles. The number of H-pyrrole nitrogens is 1. The highest BCUT2D eigenvalue weighted by molar-refractivity contribution is 7.92. The van der Waals surface area contributed by atoms with Crippen LogP contribution in [0.4, 0.5) is 14.6 Å². The molecule has 120 valence electrons. The van der Waals surface area contributed by atoms with E-state index in [4.69, 9.17) is 0 Å². The molecule has 2 aromatic heterocycles. The maximum atomic E-state index is 13.7. The molecule has 1 aromatic carbocycles. The maximum Gasteiger partial charge on any atom is 0.266 e. The number of aromatic nitrogens is 4. The van der Waals surface area contributed by atoms with E-state index in [9.17, 15) is 17.2 Å². The lowest BCUT2D eigenvalue weighted by atomic mass is 10.1. The highest BCUT2D eigenvalue weighted by Crippen LogP contribution is 2.25. The average Bonchev–Trinajstić information content (AvgIpc) is 3.11. The predicted molar refractivity (Wildman–Crippen MR) is 78.0 cm³/mol. The molecule has 0 spiro atoms. The Labute approximate surface area is 130 Å². The average molecular weight is 339 g/mol. The molecule has 2 N–H and O–H groups in total. The van der Waals surface area contributed by atoms with Crippen LogP contribution < -0.4 is 4.72 Å². The van der Waals surface area contributed by atoms with Gasteiger partial charge in [0.25, 0.3) is 10.0 Å². The van der Waals surface area contributed by atoms with Gasteiger partial charge in [-0.2, -0.15) is 10.2 Å². The molecule has 0 amide bonds. The SMILES string of the molecule is Cn1cc(S(=O)(=O)Nc2cc(-c3cccc(F)c3F)[nH]n2)cn1. The summed E-state index contributed by atoms with van der Waals surface area (Å²) in [5.74, 6) is -2.10. The van der Waals surface area contributed by atoms with Crippen molar-refractivity contribution >= 4 is 15.8 Å². The van der Waals surface area contributed by atoms with Crippen LogP contribution in [0.3, 0.4) is 0 Å². The minimum Gasteiger partial charge on any atom is -0.276 e. The quantitative estimate of drug-likeness (QED) is 0.759. The van der Waals surface area contributed by atoms with Crippen LogP contribution in [0, 0.1) is 11.6 Å². The van der Waals surface area contributed by atoms with Crippen molar-refractivity contribution in [1.82, 2.24) is 20.0 Å². The highest BCUT2D eigenvalue weighted by atomic mass is 32.2. The fourth-order valence-corrected chi connectivity index (χ4v) is 2.93. The zero-order valence-corrected chi connectivity index (χ0v) is 12.6. The van der Waals surface area contributed by atoms with Crippen LogP contribution in [-0.4, -0.2) is 28.4 Å². The van der Waals surface area contributed by atoms with Crippen molar-refractivity contribution in [2.45, 2.75) is 4.90 Å². The van der Waals surface area contributed by atoms with E-state index >= 15 is 0 Å². The third kappa shape index (κ3) is 2.93. The Kier molecular flexibility index (Phi) is 3.60. The number of hydrogen-bond acceptors (Lipinski definition) is 4. The zero-order chi connectivity index (χ0) is 16.6. The van der Waals surface area contributed by atoms with Crippen molar-refractivity contribution in [2.24, 2.45) is 7.05 Å². The second-order valence-corrected chi connectivity index (χ2v) is 6.41. The van der Waals surface area contributed by atoms with E-state index in [1.54, 1.807) is 7.05 Å². The molecular weight excluding hydrogens is 328 g/mol. The Balaban J connectivity index is 1.89. The van der Waals surface area contributed by atoms with Crippen molar-refractivity contribution < 1.29 is 17.2 Å². The molecule has 0 saturated heterocycles. The van der Waals surface area contributed by atoms with Gasteiger partial charge in [-0.15, -0.1) is 0 Å². The first-order valence-electron chi connectivity index (χ1n) is 6.38. The van der Waals surface area contributed by atoms with E-state index in [1.807, 2.05) is 0 Å². The molecule has 0 radical (unpaired) electrons. The van der Waals surface area contributed by atoms with Gasteiger partial charge in [-0.05, 0) is 12.1 Å². The second-order valence-electron chi connectivity index (χ2n) is 4.72. The number of halogens is 2. The number of sulfonamides is 1. The molecule has 0 bridgehead atoms. The Morgan fingerprint density at radius 2 is 2.09 bits per heavy atom. The number of nitrogens with zero attached hydrogens (tertiary/aromatic N) is 3. The number of aromatic amines is 1. The monoisotopic (exact) mass is 339 g/mol. The molecule has 0 fully saturated rings. The first kappa shape index (κ1) is 15.2. The third-order valence-electron chi connectivity index (χ3n) is 3.05. The smallest absolute Gasteiger partial charge is 0.266 e. The van der Waals surface area contributed by atoms with Gasteiger partial charge in [0.05, 0.1) is 11.9 Å². The summed E-state index contributed by atoms with van der Waals surface area (Å²) >= 11 is 0. The van der Waals surface area contributed by atoms with Gasteiger partial charge in [0.2, 0.25) is 0 Å². The van der Waals surface area contributed by atoms with E-state index in [2.05, 4.69) is 20.0 Å². The first-order chi connectivity index (χ1) is 10.9. The topological polar surface area (TPSA) is 92.7 Å². The Morgan fingerprint density at radius 3 is 2.78 bits per heavy atom. The van der Waals surface area contributed by atoms with Crippen LogP contribution >= 0.6 is 0 Å². The number of aryl methyl sites for hydroxylation is 1. The molecule has 2 heterocycles. The second kappa shape index (κ2) is 5.47. The van der Waals surface area contributed by atoms with Crippen molar-refractivity contribution in [3.8, 4) is 11.3 Å². The lowest BCUT2D eigenvalue weighted by molar-refractivity contribution is 0.511. The summed E-state index contributed by atoms with van der Waals surface area (Å²) in [7, 11) is -2.28. The number of rotatable bonds is 4. The van der Waals surface area contributed by atoms with Gasteiger partial charge < -0.3 is 0 Å². The summed E-state index contributed by atoms with van der Waals surface area (Å²) in [5, 5.41) is 9.99. The molecule has 0 unspecified atom stereocenters. The minimum absolute atomic E-state index is 0.0403. The zero-order valence-electron chi connectivity index (χ0n) is 11.8. The number of nitrogens with one attached hydrogen (secondary N) is 2. The summed E-state index contributed by atoms with van der Waals surface area (Å²) in [6.07, 6.45) is 2.50. The molecule has 0 aliphatic rings. The Hall–Kier alpha value is -2.75. The largest absolute Gasteiger partial charge is 0.276 e. The molecule has 7 nitrogen and oxygen atoms in total. The fourth-order valence-electron chi connectivity index (χ4n) is 1.96. The third-order valence-corrected chi connectivity index (χ3v) is 4.36. The van der Waals surface area contributed by atoms with Gasteiger partial charge in [0.15, 0.2) is 17.5 Å². The molecule has 0 aliphatic heterocycles. The van der Waals surface area contributed by atoms with E-state index < -0.39 is 21.7 Å². The summed E-state index contributed by atoms with van der Waals surface area (Å²) in [6.45, 7) is 0. The highest BCUT2D eigenvalue weighted by Gasteiger charge is 2.19. The van der Waals surface area contributed by atoms with Gasteiger partial charge in [-0.3, -0.25) is 14.5 Å². The van der Waals surface area contributed by atoms with E-state index in [1.165, 1.54) is 35.3 Å². The van der Waals surface area contributed by atoms with Gasteiger partial charge in [-0.25, -0.2) is 17.2 Å². The molecule has 0 atom stereocenters. The van der Waals surface area contributed by atoms with Crippen LogP contribution in [0.2, 0.25) is 0 Å². The standard InChI is InChI=1S/C13H11F2N5O2S/c1-20-7-8(6-16-20)23(21,22)19-12-5-11(17-18-12)9-3-2-4-10(14)13(9)15/h2-7H,1H3,(H2,17,18,19). The van der Waals surface area contributed by atoms with Crippen LogP contribution in [0.5, 0.6) is 0 Å². The minimum atomic E-state index is -3.86. The maximum absolute atomic E-state index is 13.7. The van der Waals surface area contributed by atoms with Crippen molar-refractivity contribution in [2.75, 3.05) is 4.72 Å². The number of hydrogen-bond donors (Lipinski definition) is 2. The molecule has 23 heavy (non-hydrogen) atoms. The Bertz CT molecular complexity index is 964. The number of anilines is 1. The van der Waals surface area contributed by atoms with E-state index in [0.29, 0.717) is 0 Å². The number of benzene rings is 1. The van der Waals surface area contributed by atoms with Gasteiger partial charge >= 0.3 is 0 Å². The van der Waals surface area contributed by atoms with Crippen LogP contribution in [-0.2, 0) is 17.1 Å². The molecule has 3 rings (SSSR count). The molecule has 3 aromatic rings. The summed E-state index contributed by atoms with van der Waals surface area (Å²) in [6, 6.07) is 4.95. The van der Waals surface area contributed by atoms with Crippen molar-refractivity contribution in [3.63, 3.8) is 0 Å². The van der Waals surface area contributed by atoms with Gasteiger partial charge in [-0.1, -0.05) is 6.07 Å². The molecule has 10 heteroatoms. The van der Waals surface area contributed by atoms with Gasteiger partial charge in [0.1, 0.15) is 4.90 Å². The first-order valence-corrected chi connectivity index (χ1v) is 7.86. The predicted octanol–water partition coefficient (Wildman–Crippen LogP) is 1.89. The summed E-state index contributed by atoms with van der Waals surface area (Å²) in [5.41, 5.74) is 0.0928. The summed E-state index contributed by atoms with van der Waals surface area (Å²) < 4.78 is 54.8. The normalized spacial score (nSPS) is 11.6. The van der Waals surface area contributed by atoms with E-state index in [0.717, 1.165) is 6.07 Å². The lowest BCUT2D eigenvalue weighted by Crippen LogP contribution is -2.12. The summed E-state index contributed by atoms with van der Waals surface area (Å²) in [4.78, 5) is -0.0403. The van der Waals surface area contributed by atoms with E-state index in [-0.39, 0.29) is 22.0 Å². The fraction of sp³-hybridized carbons (Fsp3) is 0.0769. The molecule has 0 saturated carbocycles. The van der Waals surface area contributed by atoms with Crippen LogP contribution in [0.1, 0.15) is 0 Å². The molecular formula is C13H11F2N5O2S. The lowest BCUT2D eigenvalue weighted by Gasteiger charge is -2.01. The Morgan fingerprint density at radius 1 is 1.30 bits per heavy atom. The van der Waals surface area contributed by atoms with Crippen molar-refractivity contribution in [1.29, 1.82) is 0 Å².